The Kier molecular flexibility index (Phi) is 9.36. The standard InChI is InChI=1S/C70H46N6/c1-3-23-45(24-4-1)47-43-56(46-25-5-2-6-26-46)71-57(44-47)66-67(73-58-35-15-7-27-48(58)49-28-8-16-36-59(49)73)68(74-60-37-17-9-29-50(60)51-30-10-18-38-61(51)74)69(75-62-39-19-11-31-52(62)53-32-12-20-40-63(53)75)70(72-66)76-64-41-21-13-33-54(64)55-34-14-22-42-65(55)76/h1-7,9-27,29-44H,8,28H2. The summed E-state index contributed by atoms with van der Waals surface area (Å²) in [7, 11) is 0. The molecule has 6 heteroatoms. The molecule has 6 heterocycles. The fraction of sp³-hybridized carbons (Fsp3) is 0.0286. The minimum absolute atomic E-state index is 0.760. The normalized spacial score (nSPS) is 12.6. The number of aromatic nitrogens is 6. The monoisotopic (exact) mass is 970 g/mol. The van der Waals surface area contributed by atoms with E-state index in [1.807, 2.05) is 0 Å². The lowest BCUT2D eigenvalue weighted by Crippen LogP contribution is -2.17. The molecular formula is C70H46N6. The van der Waals surface area contributed by atoms with E-state index in [4.69, 9.17) is 9.97 Å². The summed E-state index contributed by atoms with van der Waals surface area (Å²) in [6.45, 7) is 0. The third-order valence-electron chi connectivity index (χ3n) is 15.8. The average Bonchev–Trinajstić information content (AvgIpc) is 4.23. The van der Waals surface area contributed by atoms with Crippen LogP contribution < -0.4 is 0 Å². The Labute approximate surface area is 437 Å². The van der Waals surface area contributed by atoms with Crippen LogP contribution >= 0.6 is 0 Å². The van der Waals surface area contributed by atoms with Gasteiger partial charge in [-0.3, -0.25) is 4.57 Å². The maximum atomic E-state index is 6.39. The second-order valence-corrected chi connectivity index (χ2v) is 20.0. The van der Waals surface area contributed by atoms with Crippen LogP contribution in [0.1, 0.15) is 17.7 Å². The minimum Gasteiger partial charge on any atom is -0.306 e. The fourth-order valence-electron chi connectivity index (χ4n) is 12.6. The van der Waals surface area contributed by atoms with Gasteiger partial charge in [0.2, 0.25) is 0 Å². The molecular weight excluding hydrogens is 925 g/mol. The van der Waals surface area contributed by atoms with Crippen LogP contribution in [-0.2, 0) is 6.42 Å². The molecule has 0 bridgehead atoms. The van der Waals surface area contributed by atoms with Gasteiger partial charge in [0.1, 0.15) is 22.8 Å². The highest BCUT2D eigenvalue weighted by molar-refractivity contribution is 6.14. The lowest BCUT2D eigenvalue weighted by atomic mass is 10.00. The first-order valence-corrected chi connectivity index (χ1v) is 26.2. The van der Waals surface area contributed by atoms with Crippen LogP contribution in [-0.4, -0.2) is 28.2 Å². The number of hydrogen-bond donors (Lipinski definition) is 0. The van der Waals surface area contributed by atoms with Gasteiger partial charge in [-0.2, -0.15) is 0 Å². The molecule has 0 unspecified atom stereocenters. The predicted octanol–water partition coefficient (Wildman–Crippen LogP) is 17.7. The molecule has 0 amide bonds. The number of aryl methyl sites for hydroxylation is 1. The van der Waals surface area contributed by atoms with Gasteiger partial charge in [0.25, 0.3) is 0 Å². The summed E-state index contributed by atoms with van der Waals surface area (Å²) in [4.78, 5) is 12.2. The van der Waals surface area contributed by atoms with Gasteiger partial charge in [-0.1, -0.05) is 194 Å². The Hall–Kier alpha value is -10.0. The number of para-hydroxylation sites is 7. The quantitative estimate of drug-likeness (QED) is 0.160. The second kappa shape index (κ2) is 16.7. The zero-order valence-electron chi connectivity index (χ0n) is 41.3. The summed E-state index contributed by atoms with van der Waals surface area (Å²) in [6, 6.07) is 88.0. The van der Waals surface area contributed by atoms with Crippen molar-refractivity contribution in [1.82, 2.24) is 28.2 Å². The lowest BCUT2D eigenvalue weighted by molar-refractivity contribution is 0.940. The summed E-state index contributed by atoms with van der Waals surface area (Å²) in [5.74, 6) is 0.786. The van der Waals surface area contributed by atoms with Crippen LogP contribution in [0.2, 0.25) is 0 Å². The number of benzene rings is 9. The number of nitrogens with zero attached hydrogens (tertiary/aromatic N) is 6. The molecule has 0 atom stereocenters. The van der Waals surface area contributed by atoms with Crippen molar-refractivity contribution in [3.05, 3.63) is 260 Å². The van der Waals surface area contributed by atoms with E-state index < -0.39 is 0 Å². The highest BCUT2D eigenvalue weighted by atomic mass is 15.2. The molecule has 1 aliphatic rings. The van der Waals surface area contributed by atoms with Crippen LogP contribution in [0.3, 0.4) is 0 Å². The van der Waals surface area contributed by atoms with E-state index in [9.17, 15) is 0 Å². The second-order valence-electron chi connectivity index (χ2n) is 20.0. The summed E-state index contributed by atoms with van der Waals surface area (Å²) < 4.78 is 10.0. The van der Waals surface area contributed by atoms with E-state index in [1.54, 1.807) is 0 Å². The van der Waals surface area contributed by atoms with Gasteiger partial charge < -0.3 is 13.7 Å². The minimum atomic E-state index is 0.760. The van der Waals surface area contributed by atoms with Crippen molar-refractivity contribution in [1.29, 1.82) is 0 Å². The summed E-state index contributed by atoms with van der Waals surface area (Å²) in [5, 5.41) is 8.23. The van der Waals surface area contributed by atoms with E-state index in [1.165, 1.54) is 32.5 Å². The van der Waals surface area contributed by atoms with Crippen molar-refractivity contribution in [2.45, 2.75) is 12.8 Å². The maximum Gasteiger partial charge on any atom is 0.165 e. The van der Waals surface area contributed by atoms with Crippen LogP contribution in [0, 0.1) is 0 Å². The Morgan fingerprint density at radius 2 is 0.697 bits per heavy atom. The third kappa shape index (κ3) is 6.22. The molecule has 0 radical (unpaired) electrons. The highest BCUT2D eigenvalue weighted by Crippen LogP contribution is 2.49. The van der Waals surface area contributed by atoms with E-state index in [0.717, 1.165) is 125 Å². The van der Waals surface area contributed by atoms with Crippen molar-refractivity contribution in [2.24, 2.45) is 0 Å². The number of allylic oxidation sites excluding steroid dienone is 1. The Morgan fingerprint density at radius 1 is 0.303 bits per heavy atom. The molecule has 0 N–H and O–H groups in total. The molecule has 76 heavy (non-hydrogen) atoms. The van der Waals surface area contributed by atoms with E-state index in [2.05, 4.69) is 273 Å². The Bertz CT molecular complexity index is 4650. The third-order valence-corrected chi connectivity index (χ3v) is 15.8. The molecule has 6 aromatic heterocycles. The average molecular weight is 971 g/mol. The zero-order chi connectivity index (χ0) is 49.8. The SMILES string of the molecule is C1=Cc2c(c3ccccc3n2-c2c(-c3cc(-c4ccccc4)cc(-c4ccccc4)n3)nc(-n3c4ccccc4c4ccccc43)c(-n3c4ccccc4c4ccccc43)c2-n2c3ccccc3c3ccccc32)CC1. The van der Waals surface area contributed by atoms with E-state index >= 15 is 0 Å². The fourth-order valence-corrected chi connectivity index (χ4v) is 12.6. The first-order chi connectivity index (χ1) is 37.8. The molecule has 356 valence electrons. The lowest BCUT2D eigenvalue weighted by Gasteiger charge is -2.27. The molecule has 15 aromatic rings. The predicted molar refractivity (Wildman–Crippen MR) is 316 cm³/mol. The van der Waals surface area contributed by atoms with Crippen molar-refractivity contribution < 1.29 is 0 Å². The maximum absolute atomic E-state index is 6.39. The van der Waals surface area contributed by atoms with Crippen molar-refractivity contribution >= 4 is 82.4 Å². The van der Waals surface area contributed by atoms with Crippen LogP contribution in [0.25, 0.3) is 139 Å². The number of hydrogen-bond acceptors (Lipinski definition) is 2. The Balaban J connectivity index is 1.23. The van der Waals surface area contributed by atoms with Gasteiger partial charge in [0.05, 0.1) is 50.0 Å². The molecule has 0 saturated carbocycles. The molecule has 9 aromatic carbocycles. The number of pyridine rings is 2. The van der Waals surface area contributed by atoms with Crippen molar-refractivity contribution in [3.8, 4) is 56.7 Å². The van der Waals surface area contributed by atoms with Gasteiger partial charge >= 0.3 is 0 Å². The summed E-state index contributed by atoms with van der Waals surface area (Å²) in [6.07, 6.45) is 6.58. The van der Waals surface area contributed by atoms with Crippen molar-refractivity contribution in [3.63, 3.8) is 0 Å². The summed E-state index contributed by atoms with van der Waals surface area (Å²) >= 11 is 0. The molecule has 0 spiro atoms. The van der Waals surface area contributed by atoms with Gasteiger partial charge in [-0.05, 0) is 90.2 Å². The van der Waals surface area contributed by atoms with Gasteiger partial charge in [-0.15, -0.1) is 0 Å². The molecule has 6 nitrogen and oxygen atoms in total. The van der Waals surface area contributed by atoms with Crippen LogP contribution in [0.5, 0.6) is 0 Å². The van der Waals surface area contributed by atoms with Crippen LogP contribution in [0.4, 0.5) is 0 Å². The first kappa shape index (κ1) is 42.5. The molecule has 0 saturated heterocycles. The first-order valence-electron chi connectivity index (χ1n) is 26.2. The van der Waals surface area contributed by atoms with Crippen molar-refractivity contribution in [2.75, 3.05) is 0 Å². The zero-order valence-corrected chi connectivity index (χ0v) is 41.3. The topological polar surface area (TPSA) is 45.5 Å². The number of fused-ring (bicyclic) bond motifs is 12. The number of rotatable bonds is 7. The largest absolute Gasteiger partial charge is 0.306 e. The summed E-state index contributed by atoms with van der Waals surface area (Å²) in [5.41, 5.74) is 18.5. The molecule has 0 aliphatic heterocycles. The van der Waals surface area contributed by atoms with Gasteiger partial charge in [0.15, 0.2) is 5.82 Å². The van der Waals surface area contributed by atoms with Gasteiger partial charge in [-0.25, -0.2) is 9.97 Å². The molecule has 16 rings (SSSR count). The van der Waals surface area contributed by atoms with E-state index in [0.29, 0.717) is 0 Å². The van der Waals surface area contributed by atoms with Crippen LogP contribution in [0.15, 0.2) is 249 Å². The molecule has 0 fully saturated rings. The van der Waals surface area contributed by atoms with Gasteiger partial charge in [0, 0.05) is 49.0 Å². The van der Waals surface area contributed by atoms with E-state index in [-0.39, 0.29) is 0 Å². The highest BCUT2D eigenvalue weighted by Gasteiger charge is 2.34. The molecule has 1 aliphatic carbocycles. The smallest absolute Gasteiger partial charge is 0.165 e. The Morgan fingerprint density at radius 3 is 1.20 bits per heavy atom.